The standard InChI is InChI=1S/C124H158N4O4/c1-109(2)69-29-37-117(109,17)91(53-69)83-45-65(46-84(105(83)129)92-54-70-30-38-118(92,18)110(70,3)4)82-63-81-62-79-26-25-77(125-79)61-78-27-28-80(126-78)64-99-100(66-47-85(93-55-71-31-39-119(93,19)111(71,5)6)106(130)86(48-66)94-56-72-32-40-120(94,20)112(72,7)8)101(67-49-87(95-57-73-33-41-121(95,21)113(73,9)10)107(131)88(50-67)96-58-74-34-42-122(96,22)114(74,11)12)104(128-99)102(103(82)127-81)68-51-89(97-59-75-35-43-123(97,23)115(75,13)14)108(132)90(52-68)98-60-76-36-44-124(98,24)116(76,15)16/h25-28,45-52,61-64,69-76,91-98,125,128-132H,29-44,53-60H2,1-24H3. The Balaban J connectivity index is 0.885. The van der Waals surface area contributed by atoms with Crippen LogP contribution in [0.25, 0.3) is 79.2 Å². The Hall–Kier alpha value is -7.32. The van der Waals surface area contributed by atoms with Gasteiger partial charge in [0.25, 0.3) is 0 Å². The van der Waals surface area contributed by atoms with E-state index in [-0.39, 0.29) is 134 Å². The van der Waals surface area contributed by atoms with Crippen LogP contribution in [0, 0.1) is 134 Å². The Kier molecular flexibility index (Phi) is 17.4. The van der Waals surface area contributed by atoms with E-state index in [2.05, 4.69) is 268 Å². The molecule has 25 rings (SSSR count). The number of H-pyrrole nitrogens is 2. The summed E-state index contributed by atoms with van der Waals surface area (Å²) in [4.78, 5) is 21.0. The SMILES string of the molecule is CC1(C)C2CCC1(C)C(c1cc(C3=Cc4cc5ccc(cc6nc(cc7[nH]c(c(-c8cc(C9CC%10CCC9(C)C%10(C)C)c(O)c(C9CC%10CCC9(C)C%10(C)C)c8)c3n4)c(-c3cc(C4CC8CCC4(C)C8(C)C)c(O)c(C4CC8CCC4(C)C8(C)C)c3)c7-c3cc(C4CC7CCC4(C)C7(C)C)c(O)c(C4CC7CCC4(C)C7(C)C)c3)C=C6)[nH]5)cc(C3CC4CCC3(C)C4(C)C)c1O)C2. The molecule has 0 spiro atoms. The monoisotopic (exact) mass is 1770 g/mol. The average molecular weight is 1770 g/mol. The molecule has 0 amide bonds. The normalized spacial score (nSPS) is 40.9. The van der Waals surface area contributed by atoms with E-state index in [1.165, 1.54) is 51.4 Å². The molecule has 24 bridgehead atoms. The van der Waals surface area contributed by atoms with Gasteiger partial charge in [0, 0.05) is 38.8 Å². The molecule has 2 aliphatic heterocycles. The maximum atomic E-state index is 14.7. The van der Waals surface area contributed by atoms with Gasteiger partial charge < -0.3 is 30.4 Å². The lowest BCUT2D eigenvalue weighted by Gasteiger charge is -2.42. The number of aromatic hydroxyl groups is 4. The Morgan fingerprint density at radius 1 is 0.258 bits per heavy atom. The molecule has 18 aliphatic rings. The minimum Gasteiger partial charge on any atom is -0.507 e. The van der Waals surface area contributed by atoms with Gasteiger partial charge in [-0.1, -0.05) is 166 Å². The van der Waals surface area contributed by atoms with Crippen LogP contribution in [-0.4, -0.2) is 40.4 Å². The first kappa shape index (κ1) is 86.3. The lowest BCUT2D eigenvalue weighted by atomic mass is 9.62. The van der Waals surface area contributed by atoms with Gasteiger partial charge in [0.2, 0.25) is 0 Å². The van der Waals surface area contributed by atoms with Gasteiger partial charge in [-0.25, -0.2) is 9.97 Å². The Bertz CT molecular complexity index is 6190. The first-order valence-electron chi connectivity index (χ1n) is 53.6. The van der Waals surface area contributed by atoms with Crippen molar-refractivity contribution in [2.75, 3.05) is 0 Å². The summed E-state index contributed by atoms with van der Waals surface area (Å²) in [5.74, 6) is 7.20. The third kappa shape index (κ3) is 10.4. The van der Waals surface area contributed by atoms with Crippen LogP contribution in [0.5, 0.6) is 23.0 Å². The zero-order valence-electron chi connectivity index (χ0n) is 85.1. The van der Waals surface area contributed by atoms with Gasteiger partial charge >= 0.3 is 0 Å². The third-order valence-corrected chi connectivity index (χ3v) is 51.8. The number of nitrogens with one attached hydrogen (secondary N) is 2. The van der Waals surface area contributed by atoms with Gasteiger partial charge in [0.15, 0.2) is 0 Å². The van der Waals surface area contributed by atoms with E-state index in [1.54, 1.807) is 0 Å². The molecular formula is C124H158N4O4. The van der Waals surface area contributed by atoms with Gasteiger partial charge in [-0.3, -0.25) is 0 Å². The van der Waals surface area contributed by atoms with Gasteiger partial charge in [-0.2, -0.15) is 0 Å². The van der Waals surface area contributed by atoms with Gasteiger partial charge in [0.05, 0.1) is 28.3 Å². The number of aromatic nitrogens is 4. The molecule has 3 aromatic heterocycles. The van der Waals surface area contributed by atoms with E-state index < -0.39 is 0 Å². The quantitative estimate of drug-likeness (QED) is 0.0721. The van der Waals surface area contributed by atoms with Gasteiger partial charge in [-0.05, 0) is 499 Å². The van der Waals surface area contributed by atoms with Gasteiger partial charge in [-0.15, -0.1) is 0 Å². The summed E-state index contributed by atoms with van der Waals surface area (Å²) in [6, 6.07) is 31.9. The number of hydrogen-bond donors (Lipinski definition) is 6. The summed E-state index contributed by atoms with van der Waals surface area (Å²) in [5, 5.41) is 58.1. The number of rotatable bonds is 12. The first-order chi connectivity index (χ1) is 61.9. The number of hydrogen-bond acceptors (Lipinski definition) is 6. The molecule has 24 atom stereocenters. The second-order valence-electron chi connectivity index (χ2n) is 55.9. The first-order valence-corrected chi connectivity index (χ1v) is 53.6. The zero-order valence-corrected chi connectivity index (χ0v) is 85.1. The van der Waals surface area contributed by atoms with E-state index in [1.807, 2.05) is 0 Å². The highest BCUT2D eigenvalue weighted by Crippen LogP contribution is 2.82. The maximum Gasteiger partial charge on any atom is 0.122 e. The molecule has 8 nitrogen and oxygen atoms in total. The number of phenols is 4. The smallest absolute Gasteiger partial charge is 0.122 e. The van der Waals surface area contributed by atoms with Crippen molar-refractivity contribution >= 4 is 45.9 Å². The highest BCUT2D eigenvalue weighted by molar-refractivity contribution is 6.12. The average Bonchev–Trinajstić information content (AvgIpc) is 1.53. The van der Waals surface area contributed by atoms with Crippen LogP contribution >= 0.6 is 0 Å². The molecule has 16 aliphatic carbocycles. The molecule has 7 aromatic rings. The number of benzene rings is 4. The van der Waals surface area contributed by atoms with Crippen molar-refractivity contribution in [3.63, 3.8) is 0 Å². The maximum absolute atomic E-state index is 14.7. The van der Waals surface area contributed by atoms with Crippen LogP contribution in [0.15, 0.2) is 78.9 Å². The van der Waals surface area contributed by atoms with Crippen LogP contribution in [0.1, 0.15) is 440 Å². The van der Waals surface area contributed by atoms with E-state index in [0.29, 0.717) is 70.3 Å². The largest absolute Gasteiger partial charge is 0.507 e. The fourth-order valence-corrected chi connectivity index (χ4v) is 39.2. The summed E-state index contributed by atoms with van der Waals surface area (Å²) in [6.45, 7) is 62.0. The Morgan fingerprint density at radius 3 is 0.742 bits per heavy atom. The van der Waals surface area contributed by atoms with Crippen molar-refractivity contribution in [2.45, 2.75) is 368 Å². The van der Waals surface area contributed by atoms with Crippen LogP contribution < -0.4 is 0 Å². The van der Waals surface area contributed by atoms with Crippen LogP contribution in [0.2, 0.25) is 0 Å². The predicted octanol–water partition coefficient (Wildman–Crippen LogP) is 33.3. The van der Waals surface area contributed by atoms with E-state index in [0.717, 1.165) is 237 Å². The molecule has 16 fully saturated rings. The van der Waals surface area contributed by atoms with Crippen molar-refractivity contribution in [3.05, 3.63) is 152 Å². The molecule has 0 radical (unpaired) electrons. The van der Waals surface area contributed by atoms with Gasteiger partial charge in [0.1, 0.15) is 23.0 Å². The summed E-state index contributed by atoms with van der Waals surface area (Å²) >= 11 is 0. The predicted molar refractivity (Wildman–Crippen MR) is 542 cm³/mol. The van der Waals surface area contributed by atoms with Crippen LogP contribution in [-0.2, 0) is 0 Å². The molecule has 0 saturated heterocycles. The van der Waals surface area contributed by atoms with Crippen molar-refractivity contribution < 1.29 is 20.4 Å². The Morgan fingerprint density at radius 2 is 0.492 bits per heavy atom. The second-order valence-corrected chi connectivity index (χ2v) is 55.9. The molecule has 698 valence electrons. The summed E-state index contributed by atoms with van der Waals surface area (Å²) in [6.07, 6.45) is 33.9. The molecule has 6 N–H and O–H groups in total. The topological polar surface area (TPSA) is 138 Å². The van der Waals surface area contributed by atoms with E-state index >= 15 is 0 Å². The summed E-state index contributed by atoms with van der Waals surface area (Å²) < 4.78 is 0. The lowest BCUT2D eigenvalue weighted by Crippen LogP contribution is -2.32. The second kappa shape index (κ2) is 26.6. The number of nitrogens with zero attached hydrogens (tertiary/aromatic N) is 2. The molecule has 5 heterocycles. The molecule has 4 aromatic carbocycles. The number of fused-ring (bicyclic) bond motifs is 24. The lowest BCUT2D eigenvalue weighted by molar-refractivity contribution is 0.130. The van der Waals surface area contributed by atoms with Crippen molar-refractivity contribution in [1.82, 2.24) is 19.9 Å². The van der Waals surface area contributed by atoms with Crippen molar-refractivity contribution in [1.29, 1.82) is 0 Å². The summed E-state index contributed by atoms with van der Waals surface area (Å²) in [5.41, 5.74) is 24.9. The molecule has 24 unspecified atom stereocenters. The molecule has 8 heteroatoms. The Labute approximate surface area is 790 Å². The highest BCUT2D eigenvalue weighted by Gasteiger charge is 2.71. The molecular weight excluding hydrogens is 1610 g/mol. The van der Waals surface area contributed by atoms with Crippen molar-refractivity contribution in [2.24, 2.45) is 134 Å². The third-order valence-electron chi connectivity index (χ3n) is 51.8. The van der Waals surface area contributed by atoms with E-state index in [4.69, 9.17) is 15.0 Å². The minimum atomic E-state index is -0.0990. The minimum absolute atomic E-state index is 0.0323. The summed E-state index contributed by atoms with van der Waals surface area (Å²) in [7, 11) is 0. The molecule has 16 saturated carbocycles. The zero-order chi connectivity index (χ0) is 92.5. The van der Waals surface area contributed by atoms with Crippen LogP contribution in [0.4, 0.5) is 0 Å². The van der Waals surface area contributed by atoms with E-state index in [9.17, 15) is 20.4 Å². The van der Waals surface area contributed by atoms with Crippen LogP contribution in [0.3, 0.4) is 0 Å². The fourth-order valence-electron chi connectivity index (χ4n) is 39.2. The molecule has 132 heavy (non-hydrogen) atoms. The number of phenolic OH excluding ortho intramolecular Hbond substituents is 4. The van der Waals surface area contributed by atoms with Crippen molar-refractivity contribution in [3.8, 4) is 56.4 Å². The number of aromatic amines is 2. The highest BCUT2D eigenvalue weighted by atomic mass is 16.3. The fraction of sp³-hybridized carbons (Fsp3) is 0.645.